The lowest BCUT2D eigenvalue weighted by atomic mass is 9.96. The van der Waals surface area contributed by atoms with Crippen LogP contribution in [0.5, 0.6) is 0 Å². The second-order valence-corrected chi connectivity index (χ2v) is 6.85. The lowest BCUT2D eigenvalue weighted by Crippen LogP contribution is -2.25. The van der Waals surface area contributed by atoms with Crippen molar-refractivity contribution in [2.45, 2.75) is 58.9 Å². The molecule has 0 saturated carbocycles. The van der Waals surface area contributed by atoms with Gasteiger partial charge in [-0.2, -0.15) is 0 Å². The molecule has 0 aliphatic carbocycles. The maximum Gasteiger partial charge on any atom is 0.0527 e. The van der Waals surface area contributed by atoms with Crippen molar-refractivity contribution >= 4 is 11.4 Å². The summed E-state index contributed by atoms with van der Waals surface area (Å²) in [7, 11) is 2.19. The number of hydrogen-bond donors (Lipinski definition) is 0. The van der Waals surface area contributed by atoms with E-state index in [1.54, 1.807) is 0 Å². The number of rotatable bonds is 3. The molecule has 0 N–H and O–H groups in total. The topological polar surface area (TPSA) is 15.6 Å². The molecule has 0 amide bonds. The van der Waals surface area contributed by atoms with Crippen molar-refractivity contribution in [3.63, 3.8) is 0 Å². The molecule has 20 heavy (non-hydrogen) atoms. The van der Waals surface area contributed by atoms with E-state index in [0.29, 0.717) is 0 Å². The third kappa shape index (κ3) is 3.62. The van der Waals surface area contributed by atoms with E-state index in [-0.39, 0.29) is 5.54 Å². The van der Waals surface area contributed by atoms with Crippen LogP contribution in [-0.4, -0.2) is 24.8 Å². The SMILES string of the molecule is CCC/C(=N\C(C)(C)C)c1ccc2c(c1)CCCN2C. The molecule has 1 heterocycles. The monoisotopic (exact) mass is 272 g/mol. The van der Waals surface area contributed by atoms with Gasteiger partial charge in [0, 0.05) is 25.0 Å². The molecule has 1 aliphatic rings. The fourth-order valence-electron chi connectivity index (χ4n) is 2.87. The van der Waals surface area contributed by atoms with Crippen LogP contribution in [0.2, 0.25) is 0 Å². The molecule has 110 valence electrons. The molecule has 0 spiro atoms. The first-order valence-corrected chi connectivity index (χ1v) is 7.84. The molecule has 1 aromatic carbocycles. The van der Waals surface area contributed by atoms with Gasteiger partial charge in [0.05, 0.1) is 5.54 Å². The van der Waals surface area contributed by atoms with Gasteiger partial charge in [-0.1, -0.05) is 19.4 Å². The standard InChI is InChI=1S/C18H28N2/c1-6-8-16(19-18(2,3)4)14-10-11-17-15(13-14)9-7-12-20(17)5/h10-11,13H,6-9,12H2,1-5H3/b19-16+. The fourth-order valence-corrected chi connectivity index (χ4v) is 2.87. The van der Waals surface area contributed by atoms with Crippen LogP contribution >= 0.6 is 0 Å². The van der Waals surface area contributed by atoms with Crippen LogP contribution in [0.3, 0.4) is 0 Å². The van der Waals surface area contributed by atoms with E-state index in [4.69, 9.17) is 4.99 Å². The summed E-state index contributed by atoms with van der Waals surface area (Å²) in [5.74, 6) is 0. The van der Waals surface area contributed by atoms with E-state index >= 15 is 0 Å². The zero-order valence-electron chi connectivity index (χ0n) is 13.7. The Labute approximate surface area is 123 Å². The largest absolute Gasteiger partial charge is 0.374 e. The van der Waals surface area contributed by atoms with Crippen LogP contribution in [0.25, 0.3) is 0 Å². The number of aryl methyl sites for hydroxylation is 1. The fraction of sp³-hybridized carbons (Fsp3) is 0.611. The Kier molecular flexibility index (Phi) is 4.52. The van der Waals surface area contributed by atoms with Gasteiger partial charge in [-0.25, -0.2) is 0 Å². The van der Waals surface area contributed by atoms with Crippen molar-refractivity contribution in [3.05, 3.63) is 29.3 Å². The molecule has 0 bridgehead atoms. The Bertz CT molecular complexity index is 495. The van der Waals surface area contributed by atoms with Gasteiger partial charge in [-0.3, -0.25) is 4.99 Å². The molecule has 0 atom stereocenters. The van der Waals surface area contributed by atoms with Crippen LogP contribution in [0, 0.1) is 0 Å². The van der Waals surface area contributed by atoms with Crippen molar-refractivity contribution in [1.29, 1.82) is 0 Å². The summed E-state index contributed by atoms with van der Waals surface area (Å²) in [5, 5.41) is 0. The first kappa shape index (κ1) is 15.1. The van der Waals surface area contributed by atoms with Gasteiger partial charge < -0.3 is 4.90 Å². The first-order valence-electron chi connectivity index (χ1n) is 7.84. The molecule has 1 aromatic rings. The van der Waals surface area contributed by atoms with Crippen molar-refractivity contribution in [3.8, 4) is 0 Å². The third-order valence-electron chi connectivity index (χ3n) is 3.72. The minimum atomic E-state index is -0.00278. The lowest BCUT2D eigenvalue weighted by Gasteiger charge is -2.28. The van der Waals surface area contributed by atoms with Crippen LogP contribution in [0.15, 0.2) is 23.2 Å². The first-order chi connectivity index (χ1) is 9.40. The summed E-state index contributed by atoms with van der Waals surface area (Å²) in [6.45, 7) is 9.92. The van der Waals surface area contributed by atoms with E-state index < -0.39 is 0 Å². The molecule has 2 nitrogen and oxygen atoms in total. The van der Waals surface area contributed by atoms with Gasteiger partial charge in [0.25, 0.3) is 0 Å². The second kappa shape index (κ2) is 5.99. The third-order valence-corrected chi connectivity index (χ3v) is 3.72. The highest BCUT2D eigenvalue weighted by molar-refractivity contribution is 6.01. The van der Waals surface area contributed by atoms with Crippen LogP contribution in [-0.2, 0) is 6.42 Å². The van der Waals surface area contributed by atoms with Crippen LogP contribution < -0.4 is 4.90 Å². The van der Waals surface area contributed by atoms with Gasteiger partial charge in [0.1, 0.15) is 0 Å². The highest BCUT2D eigenvalue weighted by Crippen LogP contribution is 2.28. The molecule has 2 rings (SSSR count). The normalized spacial score (nSPS) is 16.2. The molecule has 0 radical (unpaired) electrons. The quantitative estimate of drug-likeness (QED) is 0.742. The molecule has 0 aromatic heterocycles. The van der Waals surface area contributed by atoms with Crippen LogP contribution in [0.1, 0.15) is 58.1 Å². The van der Waals surface area contributed by atoms with E-state index in [9.17, 15) is 0 Å². The molecular formula is C18H28N2. The van der Waals surface area contributed by atoms with Gasteiger partial charge in [-0.15, -0.1) is 0 Å². The summed E-state index contributed by atoms with van der Waals surface area (Å²) >= 11 is 0. The van der Waals surface area contributed by atoms with Crippen molar-refractivity contribution in [2.75, 3.05) is 18.5 Å². The maximum atomic E-state index is 4.94. The smallest absolute Gasteiger partial charge is 0.0527 e. The number of aliphatic imine (C=N–C) groups is 1. The number of nitrogens with zero attached hydrogens (tertiary/aromatic N) is 2. The van der Waals surface area contributed by atoms with Crippen molar-refractivity contribution < 1.29 is 0 Å². The van der Waals surface area contributed by atoms with Gasteiger partial charge in [0.15, 0.2) is 0 Å². The minimum absolute atomic E-state index is 0.00278. The Balaban J connectivity index is 2.38. The zero-order chi connectivity index (χ0) is 14.8. The van der Waals surface area contributed by atoms with E-state index in [1.807, 2.05) is 0 Å². The van der Waals surface area contributed by atoms with Gasteiger partial charge in [-0.05, 0) is 63.3 Å². The molecule has 2 heteroatoms. The Hall–Kier alpha value is -1.31. The van der Waals surface area contributed by atoms with Gasteiger partial charge >= 0.3 is 0 Å². The Morgan fingerprint density at radius 3 is 2.70 bits per heavy atom. The summed E-state index contributed by atoms with van der Waals surface area (Å²) in [5.41, 5.74) is 5.45. The minimum Gasteiger partial charge on any atom is -0.374 e. The summed E-state index contributed by atoms with van der Waals surface area (Å²) in [6, 6.07) is 6.89. The Morgan fingerprint density at radius 2 is 2.05 bits per heavy atom. The lowest BCUT2D eigenvalue weighted by molar-refractivity contribution is 0.581. The highest BCUT2D eigenvalue weighted by atomic mass is 15.1. The summed E-state index contributed by atoms with van der Waals surface area (Å²) in [4.78, 5) is 7.30. The van der Waals surface area contributed by atoms with Gasteiger partial charge in [0.2, 0.25) is 0 Å². The number of fused-ring (bicyclic) bond motifs is 1. The predicted octanol–water partition coefficient (Wildman–Crippen LogP) is 4.46. The average molecular weight is 272 g/mol. The molecule has 1 aliphatic heterocycles. The molecule has 0 saturated heterocycles. The van der Waals surface area contributed by atoms with E-state index in [0.717, 1.165) is 12.8 Å². The molecule has 0 unspecified atom stereocenters. The highest BCUT2D eigenvalue weighted by Gasteiger charge is 2.16. The van der Waals surface area contributed by atoms with Crippen LogP contribution in [0.4, 0.5) is 5.69 Å². The van der Waals surface area contributed by atoms with Crippen molar-refractivity contribution in [2.24, 2.45) is 4.99 Å². The maximum absolute atomic E-state index is 4.94. The molecule has 0 fully saturated rings. The summed E-state index contributed by atoms with van der Waals surface area (Å²) in [6.07, 6.45) is 4.66. The van der Waals surface area contributed by atoms with Crippen molar-refractivity contribution in [1.82, 2.24) is 0 Å². The predicted molar refractivity (Wildman–Crippen MR) is 89.2 cm³/mol. The summed E-state index contributed by atoms with van der Waals surface area (Å²) < 4.78 is 0. The van der Waals surface area contributed by atoms with E-state index in [2.05, 4.69) is 57.8 Å². The number of hydrogen-bond acceptors (Lipinski definition) is 2. The average Bonchev–Trinajstić information content (AvgIpc) is 2.36. The zero-order valence-corrected chi connectivity index (χ0v) is 13.7. The number of anilines is 1. The Morgan fingerprint density at radius 1 is 1.30 bits per heavy atom. The second-order valence-electron chi connectivity index (χ2n) is 6.85. The molecular weight excluding hydrogens is 244 g/mol. The number of benzene rings is 1. The van der Waals surface area contributed by atoms with E-state index in [1.165, 1.54) is 41.9 Å².